The third-order valence-corrected chi connectivity index (χ3v) is 5.01. The summed E-state index contributed by atoms with van der Waals surface area (Å²) in [5.74, 6) is -1.36. The van der Waals surface area contributed by atoms with Gasteiger partial charge in [-0.15, -0.1) is 0 Å². The number of methoxy groups -OCH3 is 2. The van der Waals surface area contributed by atoms with E-state index in [1.54, 1.807) is 12.1 Å². The molecule has 2 N–H and O–H groups in total. The lowest BCUT2D eigenvalue weighted by atomic mass is 10.1. The van der Waals surface area contributed by atoms with Crippen LogP contribution in [0.2, 0.25) is 5.02 Å². The number of benzene rings is 3. The highest BCUT2D eigenvalue weighted by Crippen LogP contribution is 2.30. The van der Waals surface area contributed by atoms with Gasteiger partial charge in [-0.3, -0.25) is 19.7 Å². The Bertz CT molecular complexity index is 1330. The monoisotopic (exact) mass is 499 g/mol. The number of carbonyl (C=O) groups is 2. The number of rotatable bonds is 8. The first-order valence-corrected chi connectivity index (χ1v) is 10.4. The van der Waals surface area contributed by atoms with Crippen molar-refractivity contribution >= 4 is 40.9 Å². The number of hydrogen-bond acceptors (Lipinski definition) is 6. The van der Waals surface area contributed by atoms with Gasteiger partial charge in [-0.2, -0.15) is 0 Å². The lowest BCUT2D eigenvalue weighted by molar-refractivity contribution is -0.384. The number of amides is 2. The maximum Gasteiger partial charge on any atom is 0.272 e. The minimum atomic E-state index is -0.783. The largest absolute Gasteiger partial charge is 0.493 e. The first-order valence-electron chi connectivity index (χ1n) is 9.97. The van der Waals surface area contributed by atoms with E-state index in [1.165, 1.54) is 56.7 Å². The molecule has 180 valence electrons. The minimum absolute atomic E-state index is 0.0723. The van der Waals surface area contributed by atoms with Crippen LogP contribution in [0.15, 0.2) is 66.4 Å². The smallest absolute Gasteiger partial charge is 0.272 e. The van der Waals surface area contributed by atoms with Gasteiger partial charge < -0.3 is 20.1 Å². The Morgan fingerprint density at radius 1 is 1.03 bits per heavy atom. The number of halogens is 2. The molecule has 0 heterocycles. The van der Waals surface area contributed by atoms with Crippen LogP contribution in [-0.4, -0.2) is 31.0 Å². The standard InChI is InChI=1S/C24H19ClFN3O6/c1-34-21-9-7-16(13-22(21)35-2)27-24(31)20(11-14-4-3-5-17(10-14)29(32)33)28-23(30)18-8-6-15(26)12-19(18)25/h3-13H,1-2H3,(H,27,31)(H,28,30)/b20-11-. The molecule has 0 spiro atoms. The summed E-state index contributed by atoms with van der Waals surface area (Å²) in [5, 5.41) is 16.0. The molecule has 0 aliphatic heterocycles. The van der Waals surface area contributed by atoms with Crippen LogP contribution in [0.1, 0.15) is 15.9 Å². The Hall–Kier alpha value is -4.44. The second kappa shape index (κ2) is 11.1. The first-order chi connectivity index (χ1) is 16.7. The molecule has 0 fully saturated rings. The zero-order chi connectivity index (χ0) is 25.5. The molecule has 0 saturated carbocycles. The molecule has 9 nitrogen and oxygen atoms in total. The number of nitrogens with one attached hydrogen (secondary N) is 2. The van der Waals surface area contributed by atoms with E-state index in [0.29, 0.717) is 17.2 Å². The molecule has 3 aromatic carbocycles. The molecule has 2 amide bonds. The maximum absolute atomic E-state index is 13.4. The van der Waals surface area contributed by atoms with Crippen molar-refractivity contribution in [2.24, 2.45) is 0 Å². The Kier molecular flexibility index (Phi) is 8.00. The summed E-state index contributed by atoms with van der Waals surface area (Å²) in [4.78, 5) is 36.4. The van der Waals surface area contributed by atoms with Crippen molar-refractivity contribution in [2.75, 3.05) is 19.5 Å². The van der Waals surface area contributed by atoms with Gasteiger partial charge in [0.2, 0.25) is 0 Å². The fraction of sp³-hybridized carbons (Fsp3) is 0.0833. The average Bonchev–Trinajstić information content (AvgIpc) is 2.83. The number of carbonyl (C=O) groups excluding carboxylic acids is 2. The summed E-state index contributed by atoms with van der Waals surface area (Å²) < 4.78 is 23.8. The molecule has 0 aliphatic rings. The van der Waals surface area contributed by atoms with Crippen LogP contribution in [0.5, 0.6) is 11.5 Å². The van der Waals surface area contributed by atoms with E-state index >= 15 is 0 Å². The summed E-state index contributed by atoms with van der Waals surface area (Å²) in [6.45, 7) is 0. The molecule has 0 radical (unpaired) electrons. The van der Waals surface area contributed by atoms with Gasteiger partial charge in [0.15, 0.2) is 11.5 Å². The van der Waals surface area contributed by atoms with Crippen molar-refractivity contribution in [2.45, 2.75) is 0 Å². The summed E-state index contributed by atoms with van der Waals surface area (Å²) >= 11 is 5.97. The lowest BCUT2D eigenvalue weighted by Crippen LogP contribution is -2.31. The number of nitro groups is 1. The Morgan fingerprint density at radius 2 is 1.77 bits per heavy atom. The molecular weight excluding hydrogens is 481 g/mol. The van der Waals surface area contributed by atoms with Crippen molar-refractivity contribution in [1.29, 1.82) is 0 Å². The molecule has 0 aliphatic carbocycles. The molecule has 11 heteroatoms. The SMILES string of the molecule is COc1ccc(NC(=O)/C(=C/c2cccc([N+](=O)[O-])c2)NC(=O)c2ccc(F)cc2Cl)cc1OC. The zero-order valence-electron chi connectivity index (χ0n) is 18.5. The molecule has 35 heavy (non-hydrogen) atoms. The van der Waals surface area contributed by atoms with E-state index in [1.807, 2.05) is 0 Å². The van der Waals surface area contributed by atoms with Crippen molar-refractivity contribution in [1.82, 2.24) is 5.32 Å². The van der Waals surface area contributed by atoms with Gasteiger partial charge in [0, 0.05) is 23.9 Å². The number of ether oxygens (including phenoxy) is 2. The van der Waals surface area contributed by atoms with E-state index in [-0.39, 0.29) is 27.5 Å². The highest BCUT2D eigenvalue weighted by molar-refractivity contribution is 6.34. The third-order valence-electron chi connectivity index (χ3n) is 4.70. The number of hydrogen-bond donors (Lipinski definition) is 2. The third kappa shape index (κ3) is 6.33. The van der Waals surface area contributed by atoms with Gasteiger partial charge >= 0.3 is 0 Å². The predicted molar refractivity (Wildman–Crippen MR) is 128 cm³/mol. The van der Waals surface area contributed by atoms with Crippen LogP contribution in [0, 0.1) is 15.9 Å². The molecule has 3 rings (SSSR count). The second-order valence-electron chi connectivity index (χ2n) is 7.01. The Labute approximate surface area is 204 Å². The topological polar surface area (TPSA) is 120 Å². The maximum atomic E-state index is 13.4. The quantitative estimate of drug-likeness (QED) is 0.260. The van der Waals surface area contributed by atoms with Crippen molar-refractivity contribution in [3.8, 4) is 11.5 Å². The van der Waals surface area contributed by atoms with Crippen LogP contribution in [0.25, 0.3) is 6.08 Å². The summed E-state index contributed by atoms with van der Waals surface area (Å²) in [6, 6.07) is 13.3. The van der Waals surface area contributed by atoms with Crippen molar-refractivity contribution < 1.29 is 28.4 Å². The molecular formula is C24H19ClFN3O6. The van der Waals surface area contributed by atoms with E-state index in [0.717, 1.165) is 12.1 Å². The van der Waals surface area contributed by atoms with Crippen molar-refractivity contribution in [3.05, 3.63) is 98.4 Å². The number of anilines is 1. The van der Waals surface area contributed by atoms with E-state index in [2.05, 4.69) is 10.6 Å². The zero-order valence-corrected chi connectivity index (χ0v) is 19.3. The highest BCUT2D eigenvalue weighted by atomic mass is 35.5. The number of nitro benzene ring substituents is 1. The van der Waals surface area contributed by atoms with Gasteiger partial charge in [0.05, 0.1) is 29.7 Å². The van der Waals surface area contributed by atoms with E-state index in [4.69, 9.17) is 21.1 Å². The average molecular weight is 500 g/mol. The van der Waals surface area contributed by atoms with Crippen LogP contribution in [-0.2, 0) is 4.79 Å². The minimum Gasteiger partial charge on any atom is -0.493 e. The van der Waals surface area contributed by atoms with Crippen molar-refractivity contribution in [3.63, 3.8) is 0 Å². The van der Waals surface area contributed by atoms with Gasteiger partial charge in [-0.25, -0.2) is 4.39 Å². The van der Waals surface area contributed by atoms with E-state index < -0.39 is 22.6 Å². The van der Waals surface area contributed by atoms with Gasteiger partial charge in [0.1, 0.15) is 11.5 Å². The predicted octanol–water partition coefficient (Wildman–Crippen LogP) is 4.81. The molecule has 3 aromatic rings. The molecule has 0 aromatic heterocycles. The van der Waals surface area contributed by atoms with Gasteiger partial charge in [-0.05, 0) is 42.0 Å². The van der Waals surface area contributed by atoms with E-state index in [9.17, 15) is 24.1 Å². The van der Waals surface area contributed by atoms with Crippen LogP contribution < -0.4 is 20.1 Å². The highest BCUT2D eigenvalue weighted by Gasteiger charge is 2.18. The summed E-state index contributed by atoms with van der Waals surface area (Å²) in [7, 11) is 2.90. The fourth-order valence-corrected chi connectivity index (χ4v) is 3.28. The summed E-state index contributed by atoms with van der Waals surface area (Å²) in [6.07, 6.45) is 1.26. The first kappa shape index (κ1) is 25.2. The Balaban J connectivity index is 1.97. The number of non-ortho nitro benzene ring substituents is 1. The normalized spacial score (nSPS) is 10.9. The van der Waals surface area contributed by atoms with Crippen LogP contribution in [0.3, 0.4) is 0 Å². The second-order valence-corrected chi connectivity index (χ2v) is 7.42. The van der Waals surface area contributed by atoms with Gasteiger partial charge in [0.25, 0.3) is 17.5 Å². The van der Waals surface area contributed by atoms with Crippen LogP contribution in [0.4, 0.5) is 15.8 Å². The van der Waals surface area contributed by atoms with Gasteiger partial charge in [-0.1, -0.05) is 23.7 Å². The summed E-state index contributed by atoms with van der Waals surface area (Å²) in [5.41, 5.74) is 0.0859. The molecule has 0 bridgehead atoms. The van der Waals surface area contributed by atoms with Crippen LogP contribution >= 0.6 is 11.6 Å². The molecule has 0 saturated heterocycles. The lowest BCUT2D eigenvalue weighted by Gasteiger charge is -2.13. The molecule has 0 atom stereocenters. The number of nitrogens with zero attached hydrogens (tertiary/aromatic N) is 1. The fourth-order valence-electron chi connectivity index (χ4n) is 3.03. The molecule has 0 unspecified atom stereocenters. The Morgan fingerprint density at radius 3 is 2.43 bits per heavy atom.